The van der Waals surface area contributed by atoms with Gasteiger partial charge in [0.2, 0.25) is 0 Å². The van der Waals surface area contributed by atoms with Gasteiger partial charge in [0.05, 0.1) is 5.69 Å². The number of carbonyl (C=O) groups is 1. The molecule has 70 valence electrons. The van der Waals surface area contributed by atoms with Crippen LogP contribution >= 0.6 is 0 Å². The summed E-state index contributed by atoms with van der Waals surface area (Å²) in [4.78, 5) is 22.7. The van der Waals surface area contributed by atoms with Crippen molar-refractivity contribution in [2.45, 2.75) is 6.43 Å². The van der Waals surface area contributed by atoms with Gasteiger partial charge in [0, 0.05) is 6.07 Å². The summed E-state index contributed by atoms with van der Waals surface area (Å²) in [7, 11) is 0. The zero-order valence-electron chi connectivity index (χ0n) is 6.25. The average molecular weight is 189 g/mol. The molecule has 2 N–H and O–H groups in total. The quantitative estimate of drug-likeness (QED) is 0.677. The third-order valence-corrected chi connectivity index (χ3v) is 1.42. The Hall–Kier alpha value is -1.72. The van der Waals surface area contributed by atoms with E-state index in [1.165, 1.54) is 0 Å². The van der Waals surface area contributed by atoms with Gasteiger partial charge < -0.3 is 10.1 Å². The van der Waals surface area contributed by atoms with Crippen LogP contribution in [0.4, 0.5) is 8.78 Å². The molecule has 1 aromatic heterocycles. The Balaban J connectivity index is 3.37. The minimum atomic E-state index is -2.89. The lowest BCUT2D eigenvalue weighted by atomic mass is 10.2. The highest BCUT2D eigenvalue weighted by Gasteiger charge is 2.13. The molecule has 1 rings (SSSR count). The molecule has 4 nitrogen and oxygen atoms in total. The van der Waals surface area contributed by atoms with Gasteiger partial charge in [-0.2, -0.15) is 0 Å². The number of alkyl halides is 2. The van der Waals surface area contributed by atoms with Gasteiger partial charge in [0.25, 0.3) is 12.0 Å². The van der Waals surface area contributed by atoms with Crippen molar-refractivity contribution >= 4 is 6.29 Å². The fourth-order valence-electron chi connectivity index (χ4n) is 0.807. The van der Waals surface area contributed by atoms with Gasteiger partial charge in [-0.05, 0) is 0 Å². The summed E-state index contributed by atoms with van der Waals surface area (Å²) in [5.41, 5.74) is -2.29. The minimum absolute atomic E-state index is 0.101. The van der Waals surface area contributed by atoms with Gasteiger partial charge in [-0.1, -0.05) is 0 Å². The van der Waals surface area contributed by atoms with E-state index in [1.807, 2.05) is 0 Å². The lowest BCUT2D eigenvalue weighted by Crippen LogP contribution is -2.14. The predicted molar refractivity (Wildman–Crippen MR) is 39.1 cm³/mol. The normalized spacial score (nSPS) is 10.4. The molecule has 0 atom stereocenters. The second-order valence-electron chi connectivity index (χ2n) is 2.27. The molecule has 0 aliphatic carbocycles. The maximum Gasteiger partial charge on any atom is 0.278 e. The van der Waals surface area contributed by atoms with Gasteiger partial charge in [-0.3, -0.25) is 9.59 Å². The molecule has 0 unspecified atom stereocenters. The molecule has 0 spiro atoms. The van der Waals surface area contributed by atoms with E-state index in [0.717, 1.165) is 0 Å². The number of aldehydes is 1. The zero-order valence-corrected chi connectivity index (χ0v) is 6.25. The number of hydrogen-bond acceptors (Lipinski definition) is 3. The maximum absolute atomic E-state index is 12.0. The van der Waals surface area contributed by atoms with E-state index >= 15 is 0 Å². The summed E-state index contributed by atoms with van der Waals surface area (Å²) in [5, 5.41) is 8.94. The lowest BCUT2D eigenvalue weighted by molar-refractivity contribution is 0.111. The Kier molecular flexibility index (Phi) is 2.41. The van der Waals surface area contributed by atoms with E-state index < -0.39 is 29.0 Å². The number of aromatic nitrogens is 1. The molecule has 1 aromatic rings. The first-order valence-corrected chi connectivity index (χ1v) is 3.25. The van der Waals surface area contributed by atoms with Crippen LogP contribution in [0, 0.1) is 0 Å². The number of hydrogen-bond donors (Lipinski definition) is 2. The van der Waals surface area contributed by atoms with E-state index in [9.17, 15) is 18.4 Å². The zero-order chi connectivity index (χ0) is 10.0. The van der Waals surface area contributed by atoms with Crippen molar-refractivity contribution in [1.29, 1.82) is 0 Å². The van der Waals surface area contributed by atoms with Crippen LogP contribution < -0.4 is 5.56 Å². The number of halogens is 2. The number of rotatable bonds is 2. The molecular formula is C7H5F2NO3. The van der Waals surface area contributed by atoms with Crippen molar-refractivity contribution in [2.24, 2.45) is 0 Å². The molecule has 0 saturated heterocycles. The van der Waals surface area contributed by atoms with Gasteiger partial charge in [0.1, 0.15) is 11.3 Å². The van der Waals surface area contributed by atoms with E-state index in [1.54, 1.807) is 4.98 Å². The molecule has 0 fully saturated rings. The molecule has 0 aliphatic heterocycles. The van der Waals surface area contributed by atoms with Gasteiger partial charge in [-0.15, -0.1) is 0 Å². The molecule has 0 saturated carbocycles. The third kappa shape index (κ3) is 1.71. The first kappa shape index (κ1) is 9.37. The fourth-order valence-corrected chi connectivity index (χ4v) is 0.807. The van der Waals surface area contributed by atoms with Crippen LogP contribution in [0.2, 0.25) is 0 Å². The Labute approximate surface area is 70.8 Å². The van der Waals surface area contributed by atoms with Gasteiger partial charge in [-0.25, -0.2) is 8.78 Å². The first-order chi connectivity index (χ1) is 6.06. The summed E-state index contributed by atoms with van der Waals surface area (Å²) in [6.45, 7) is 0. The lowest BCUT2D eigenvalue weighted by Gasteiger charge is -2.01. The summed E-state index contributed by atoms with van der Waals surface area (Å²) in [6.07, 6.45) is -2.79. The highest BCUT2D eigenvalue weighted by atomic mass is 19.3. The van der Waals surface area contributed by atoms with Crippen molar-refractivity contribution in [3.8, 4) is 5.75 Å². The standard InChI is InChI=1S/C7H5F2NO3/c8-6(9)4-1-5(12)3(2-11)7(13)10-4/h1-2,6H,(H2,10,12,13). The average Bonchev–Trinajstić information content (AvgIpc) is 2.03. The van der Waals surface area contributed by atoms with E-state index in [-0.39, 0.29) is 6.29 Å². The summed E-state index contributed by atoms with van der Waals surface area (Å²) in [6, 6.07) is 0.649. The van der Waals surface area contributed by atoms with Crippen LogP contribution in [0.15, 0.2) is 10.9 Å². The van der Waals surface area contributed by atoms with Crippen molar-refractivity contribution in [3.63, 3.8) is 0 Å². The second-order valence-corrected chi connectivity index (χ2v) is 2.27. The SMILES string of the molecule is O=Cc1c(O)cc(C(F)F)[nH]c1=O. The number of carbonyl (C=O) groups excluding carboxylic acids is 1. The Morgan fingerprint density at radius 2 is 2.15 bits per heavy atom. The number of aromatic amines is 1. The van der Waals surface area contributed by atoms with Crippen LogP contribution in [0.25, 0.3) is 0 Å². The highest BCUT2D eigenvalue weighted by molar-refractivity contribution is 5.78. The first-order valence-electron chi connectivity index (χ1n) is 3.25. The Bertz CT molecular complexity index is 386. The van der Waals surface area contributed by atoms with Gasteiger partial charge in [0.15, 0.2) is 6.29 Å². The number of pyridine rings is 1. The van der Waals surface area contributed by atoms with Crippen LogP contribution in [-0.2, 0) is 0 Å². The molecule has 0 amide bonds. The van der Waals surface area contributed by atoms with Gasteiger partial charge >= 0.3 is 0 Å². The third-order valence-electron chi connectivity index (χ3n) is 1.42. The molecule has 0 aliphatic rings. The van der Waals surface area contributed by atoms with Crippen molar-refractivity contribution in [3.05, 3.63) is 27.7 Å². The summed E-state index contributed by atoms with van der Waals surface area (Å²) >= 11 is 0. The molecule has 1 heterocycles. The summed E-state index contributed by atoms with van der Waals surface area (Å²) < 4.78 is 24.0. The van der Waals surface area contributed by atoms with Crippen molar-refractivity contribution in [2.75, 3.05) is 0 Å². The number of H-pyrrole nitrogens is 1. The van der Waals surface area contributed by atoms with Crippen LogP contribution in [0.5, 0.6) is 5.75 Å². The minimum Gasteiger partial charge on any atom is -0.507 e. The topological polar surface area (TPSA) is 70.2 Å². The smallest absolute Gasteiger partial charge is 0.278 e. The number of aromatic hydroxyl groups is 1. The van der Waals surface area contributed by atoms with Crippen LogP contribution in [0.1, 0.15) is 22.5 Å². The molecule has 0 aromatic carbocycles. The molecule has 0 bridgehead atoms. The maximum atomic E-state index is 12.0. The molecular weight excluding hydrogens is 184 g/mol. The van der Waals surface area contributed by atoms with Crippen molar-refractivity contribution < 1.29 is 18.7 Å². The molecule has 13 heavy (non-hydrogen) atoms. The fraction of sp³-hybridized carbons (Fsp3) is 0.143. The van der Waals surface area contributed by atoms with Crippen molar-refractivity contribution in [1.82, 2.24) is 4.98 Å². The summed E-state index contributed by atoms with van der Waals surface area (Å²) in [5.74, 6) is -0.742. The van der Waals surface area contributed by atoms with E-state index in [4.69, 9.17) is 5.11 Å². The monoisotopic (exact) mass is 189 g/mol. The molecule has 6 heteroatoms. The Morgan fingerprint density at radius 3 is 2.54 bits per heavy atom. The van der Waals surface area contributed by atoms with Crippen LogP contribution in [-0.4, -0.2) is 16.4 Å². The van der Waals surface area contributed by atoms with E-state index in [0.29, 0.717) is 6.07 Å². The van der Waals surface area contributed by atoms with E-state index in [2.05, 4.69) is 0 Å². The van der Waals surface area contributed by atoms with Crippen LogP contribution in [0.3, 0.4) is 0 Å². The Morgan fingerprint density at radius 1 is 1.54 bits per heavy atom. The molecule has 0 radical (unpaired) electrons. The second kappa shape index (κ2) is 3.34. The predicted octanol–water partition coefficient (Wildman–Crippen LogP) is 0.831. The largest absolute Gasteiger partial charge is 0.507 e. The highest BCUT2D eigenvalue weighted by Crippen LogP contribution is 2.19. The number of nitrogens with one attached hydrogen (secondary N) is 1.